The van der Waals surface area contributed by atoms with Crippen molar-refractivity contribution in [3.63, 3.8) is 0 Å². The molecular weight excluding hydrogens is 400 g/mol. The minimum atomic E-state index is -3.79. The standard InChI is InChI=1S/C16H13ClN2O5S2/c1-9-3-4-10(7-11(9)17)19-26(21,22)15-6-5-14(25-15)13-8-12(18-24-13)16(20)23-2/h3-8,19H,1-2H3. The zero-order chi connectivity index (χ0) is 18.9. The summed E-state index contributed by atoms with van der Waals surface area (Å²) in [6.45, 7) is 1.83. The molecule has 7 nitrogen and oxygen atoms in total. The van der Waals surface area contributed by atoms with E-state index in [4.69, 9.17) is 16.1 Å². The predicted octanol–water partition coefficient (Wildman–Crippen LogP) is 3.95. The highest BCUT2D eigenvalue weighted by atomic mass is 35.5. The molecule has 2 aromatic heterocycles. The molecule has 3 aromatic rings. The van der Waals surface area contributed by atoms with Crippen LogP contribution in [0.2, 0.25) is 5.02 Å². The normalized spacial score (nSPS) is 11.3. The summed E-state index contributed by atoms with van der Waals surface area (Å²) in [5, 5.41) is 4.06. The van der Waals surface area contributed by atoms with Crippen LogP contribution in [0.1, 0.15) is 16.1 Å². The Morgan fingerprint density at radius 3 is 2.73 bits per heavy atom. The fourth-order valence-electron chi connectivity index (χ4n) is 2.05. The lowest BCUT2D eigenvalue weighted by Gasteiger charge is -2.07. The monoisotopic (exact) mass is 412 g/mol. The van der Waals surface area contributed by atoms with E-state index in [2.05, 4.69) is 14.6 Å². The van der Waals surface area contributed by atoms with E-state index in [1.54, 1.807) is 24.3 Å². The number of carbonyl (C=O) groups is 1. The van der Waals surface area contributed by atoms with Crippen molar-refractivity contribution in [2.45, 2.75) is 11.1 Å². The second-order valence-corrected chi connectivity index (χ2v) is 8.66. The van der Waals surface area contributed by atoms with Gasteiger partial charge in [-0.2, -0.15) is 0 Å². The van der Waals surface area contributed by atoms with Gasteiger partial charge in [-0.1, -0.05) is 22.8 Å². The van der Waals surface area contributed by atoms with Gasteiger partial charge in [0.1, 0.15) is 4.21 Å². The summed E-state index contributed by atoms with van der Waals surface area (Å²) in [5.41, 5.74) is 1.22. The first kappa shape index (κ1) is 18.4. The second kappa shape index (κ2) is 7.10. The Morgan fingerprint density at radius 1 is 1.27 bits per heavy atom. The molecule has 26 heavy (non-hydrogen) atoms. The summed E-state index contributed by atoms with van der Waals surface area (Å²) >= 11 is 7.01. The molecule has 0 aliphatic rings. The van der Waals surface area contributed by atoms with Gasteiger partial charge in [-0.3, -0.25) is 4.72 Å². The van der Waals surface area contributed by atoms with E-state index < -0.39 is 16.0 Å². The van der Waals surface area contributed by atoms with Gasteiger partial charge < -0.3 is 9.26 Å². The van der Waals surface area contributed by atoms with Crippen LogP contribution in [0.3, 0.4) is 0 Å². The zero-order valence-corrected chi connectivity index (χ0v) is 16.0. The van der Waals surface area contributed by atoms with E-state index in [1.807, 2.05) is 6.92 Å². The number of nitrogens with one attached hydrogen (secondary N) is 1. The number of methoxy groups -OCH3 is 1. The van der Waals surface area contributed by atoms with E-state index in [0.717, 1.165) is 16.9 Å². The summed E-state index contributed by atoms with van der Waals surface area (Å²) in [4.78, 5) is 11.9. The average Bonchev–Trinajstić information content (AvgIpc) is 3.26. The lowest BCUT2D eigenvalue weighted by molar-refractivity contribution is 0.0589. The molecule has 136 valence electrons. The Labute approximate surface area is 158 Å². The number of rotatable bonds is 5. The van der Waals surface area contributed by atoms with Gasteiger partial charge in [-0.05, 0) is 36.8 Å². The van der Waals surface area contributed by atoms with E-state index in [9.17, 15) is 13.2 Å². The third-order valence-corrected chi connectivity index (χ3v) is 6.80. The number of aryl methyl sites for hydroxylation is 1. The Balaban J connectivity index is 1.84. The predicted molar refractivity (Wildman–Crippen MR) is 98.2 cm³/mol. The number of hydrogen-bond acceptors (Lipinski definition) is 7. The molecule has 2 heterocycles. The Morgan fingerprint density at radius 2 is 2.04 bits per heavy atom. The first-order chi connectivity index (χ1) is 12.3. The number of sulfonamides is 1. The lowest BCUT2D eigenvalue weighted by Crippen LogP contribution is -2.11. The number of halogens is 1. The van der Waals surface area contributed by atoms with Gasteiger partial charge in [0.05, 0.1) is 17.7 Å². The van der Waals surface area contributed by atoms with E-state index in [-0.39, 0.29) is 15.7 Å². The highest BCUT2D eigenvalue weighted by Crippen LogP contribution is 2.32. The average molecular weight is 413 g/mol. The molecule has 0 amide bonds. The molecule has 0 aliphatic heterocycles. The van der Waals surface area contributed by atoms with Crippen LogP contribution in [0.15, 0.2) is 45.1 Å². The van der Waals surface area contributed by atoms with Crippen molar-refractivity contribution in [3.8, 4) is 10.6 Å². The highest BCUT2D eigenvalue weighted by Gasteiger charge is 2.20. The molecular formula is C16H13ClN2O5S2. The maximum Gasteiger partial charge on any atom is 0.360 e. The Kier molecular flexibility index (Phi) is 5.03. The molecule has 0 spiro atoms. The molecule has 1 aromatic carbocycles. The van der Waals surface area contributed by atoms with Crippen molar-refractivity contribution in [2.24, 2.45) is 0 Å². The number of aromatic nitrogens is 1. The van der Waals surface area contributed by atoms with Crippen molar-refractivity contribution in [3.05, 3.63) is 52.7 Å². The largest absolute Gasteiger partial charge is 0.464 e. The minimum absolute atomic E-state index is 0.00716. The summed E-state index contributed by atoms with van der Waals surface area (Å²) in [6, 6.07) is 9.31. The van der Waals surface area contributed by atoms with Crippen molar-refractivity contribution in [1.29, 1.82) is 0 Å². The molecule has 3 rings (SSSR count). The lowest BCUT2D eigenvalue weighted by atomic mass is 10.2. The zero-order valence-electron chi connectivity index (χ0n) is 13.6. The summed E-state index contributed by atoms with van der Waals surface area (Å²) in [7, 11) is -2.56. The topological polar surface area (TPSA) is 98.5 Å². The maximum absolute atomic E-state index is 12.5. The summed E-state index contributed by atoms with van der Waals surface area (Å²) < 4.78 is 37.3. The SMILES string of the molecule is COC(=O)c1cc(-c2ccc(S(=O)(=O)Nc3ccc(C)c(Cl)c3)s2)on1. The van der Waals surface area contributed by atoms with Gasteiger partial charge in [0.15, 0.2) is 11.5 Å². The number of ether oxygens (including phenoxy) is 1. The fraction of sp³-hybridized carbons (Fsp3) is 0.125. The van der Waals surface area contributed by atoms with Crippen LogP contribution in [-0.4, -0.2) is 26.7 Å². The maximum atomic E-state index is 12.5. The van der Waals surface area contributed by atoms with Gasteiger partial charge in [0, 0.05) is 11.1 Å². The number of nitrogens with zero attached hydrogens (tertiary/aromatic N) is 1. The number of hydrogen-bond donors (Lipinski definition) is 1. The van der Waals surface area contributed by atoms with Crippen LogP contribution in [0.5, 0.6) is 0 Å². The second-order valence-electron chi connectivity index (χ2n) is 5.26. The quantitative estimate of drug-likeness (QED) is 0.637. The molecule has 0 radical (unpaired) electrons. The van der Waals surface area contributed by atoms with Gasteiger partial charge in [-0.15, -0.1) is 11.3 Å². The van der Waals surface area contributed by atoms with Crippen molar-refractivity contribution >= 4 is 44.6 Å². The number of thiophene rings is 1. The smallest absolute Gasteiger partial charge is 0.360 e. The number of esters is 1. The van der Waals surface area contributed by atoms with Crippen LogP contribution >= 0.6 is 22.9 Å². The Bertz CT molecular complexity index is 1070. The van der Waals surface area contributed by atoms with Crippen molar-refractivity contribution in [1.82, 2.24) is 5.16 Å². The van der Waals surface area contributed by atoms with Gasteiger partial charge in [0.2, 0.25) is 0 Å². The van der Waals surface area contributed by atoms with Gasteiger partial charge >= 0.3 is 5.97 Å². The third-order valence-electron chi connectivity index (χ3n) is 3.42. The Hall–Kier alpha value is -2.36. The van der Waals surface area contributed by atoms with Crippen LogP contribution in [0, 0.1) is 6.92 Å². The molecule has 10 heteroatoms. The van der Waals surface area contributed by atoms with E-state index in [1.165, 1.54) is 19.2 Å². The molecule has 0 fully saturated rings. The van der Waals surface area contributed by atoms with Gasteiger partial charge in [0.25, 0.3) is 10.0 Å². The number of anilines is 1. The fourth-order valence-corrected chi connectivity index (χ4v) is 4.54. The van der Waals surface area contributed by atoms with Crippen LogP contribution in [0.4, 0.5) is 5.69 Å². The molecule has 0 bridgehead atoms. The molecule has 0 aliphatic carbocycles. The van der Waals surface area contributed by atoms with Crippen LogP contribution in [-0.2, 0) is 14.8 Å². The van der Waals surface area contributed by atoms with E-state index >= 15 is 0 Å². The van der Waals surface area contributed by atoms with Crippen LogP contribution < -0.4 is 4.72 Å². The third kappa shape index (κ3) is 3.74. The molecule has 0 saturated carbocycles. The first-order valence-corrected chi connectivity index (χ1v) is 9.92. The molecule has 0 unspecified atom stereocenters. The molecule has 0 saturated heterocycles. The number of carbonyl (C=O) groups excluding carboxylic acids is 1. The summed E-state index contributed by atoms with van der Waals surface area (Å²) in [6.07, 6.45) is 0. The van der Waals surface area contributed by atoms with Crippen molar-refractivity contribution in [2.75, 3.05) is 11.8 Å². The number of benzene rings is 1. The summed E-state index contributed by atoms with van der Waals surface area (Å²) in [5.74, 6) is -0.363. The van der Waals surface area contributed by atoms with Crippen LogP contribution in [0.25, 0.3) is 10.6 Å². The van der Waals surface area contributed by atoms with Crippen molar-refractivity contribution < 1.29 is 22.5 Å². The first-order valence-electron chi connectivity index (χ1n) is 7.24. The van der Waals surface area contributed by atoms with E-state index in [0.29, 0.717) is 15.6 Å². The molecule has 0 atom stereocenters. The minimum Gasteiger partial charge on any atom is -0.464 e. The molecule has 1 N–H and O–H groups in total. The van der Waals surface area contributed by atoms with Gasteiger partial charge in [-0.25, -0.2) is 13.2 Å². The highest BCUT2D eigenvalue weighted by molar-refractivity contribution is 7.94.